The highest BCUT2D eigenvalue weighted by Gasteiger charge is 2.20. The van der Waals surface area contributed by atoms with Crippen LogP contribution in [0.15, 0.2) is 53.4 Å². The minimum atomic E-state index is -3.68. The molecule has 0 aromatic heterocycles. The van der Waals surface area contributed by atoms with E-state index in [0.717, 1.165) is 5.56 Å². The van der Waals surface area contributed by atoms with Gasteiger partial charge in [0.05, 0.1) is 17.5 Å². The Morgan fingerprint density at radius 1 is 1.19 bits per heavy atom. The molecular formula is C19H19ClN2O3S. The molecule has 0 saturated carbocycles. The molecule has 1 unspecified atom stereocenters. The molecule has 2 aromatic carbocycles. The summed E-state index contributed by atoms with van der Waals surface area (Å²) in [7, 11) is -1.98. The molecule has 0 saturated heterocycles. The molecule has 0 heterocycles. The molecule has 0 aliphatic heterocycles. The summed E-state index contributed by atoms with van der Waals surface area (Å²) in [4.78, 5) is 14.3. The molecule has 1 N–H and O–H groups in total. The zero-order valence-corrected chi connectivity index (χ0v) is 16.0. The van der Waals surface area contributed by atoms with E-state index >= 15 is 0 Å². The van der Waals surface area contributed by atoms with Crippen LogP contribution < -0.4 is 4.72 Å². The molecule has 0 aliphatic carbocycles. The van der Waals surface area contributed by atoms with E-state index in [9.17, 15) is 13.2 Å². The second-order valence-corrected chi connectivity index (χ2v) is 7.90. The van der Waals surface area contributed by atoms with Gasteiger partial charge in [0.15, 0.2) is 0 Å². The normalized spacial score (nSPS) is 12.2. The summed E-state index contributed by atoms with van der Waals surface area (Å²) in [6.07, 6.45) is 5.06. The Balaban J connectivity index is 2.16. The number of nitrogens with one attached hydrogen (secondary N) is 1. The van der Waals surface area contributed by atoms with Crippen molar-refractivity contribution in [1.82, 2.24) is 9.62 Å². The van der Waals surface area contributed by atoms with Gasteiger partial charge in [0.1, 0.15) is 0 Å². The third kappa shape index (κ3) is 4.64. The summed E-state index contributed by atoms with van der Waals surface area (Å²) in [6.45, 7) is 1.81. The number of hydrogen-bond donors (Lipinski definition) is 1. The first-order valence-corrected chi connectivity index (χ1v) is 9.68. The number of nitrogens with zero attached hydrogens (tertiary/aromatic N) is 1. The highest BCUT2D eigenvalue weighted by Crippen LogP contribution is 2.23. The third-order valence-corrected chi connectivity index (χ3v) is 5.70. The molecule has 1 amide bonds. The topological polar surface area (TPSA) is 66.5 Å². The second-order valence-electron chi connectivity index (χ2n) is 5.70. The monoisotopic (exact) mass is 390 g/mol. The van der Waals surface area contributed by atoms with Crippen molar-refractivity contribution in [2.75, 3.05) is 13.6 Å². The van der Waals surface area contributed by atoms with Crippen molar-refractivity contribution < 1.29 is 13.2 Å². The largest absolute Gasteiger partial charge is 0.335 e. The maximum absolute atomic E-state index is 12.7. The summed E-state index contributed by atoms with van der Waals surface area (Å²) >= 11 is 5.89. The molecule has 2 aromatic rings. The fraction of sp³-hybridized carbons (Fsp3) is 0.211. The van der Waals surface area contributed by atoms with E-state index in [1.807, 2.05) is 19.1 Å². The molecule has 0 spiro atoms. The van der Waals surface area contributed by atoms with Gasteiger partial charge in [-0.3, -0.25) is 4.79 Å². The number of terminal acetylenes is 1. The number of hydrogen-bond acceptors (Lipinski definition) is 3. The van der Waals surface area contributed by atoms with E-state index in [1.165, 1.54) is 24.3 Å². The standard InChI is InChI=1S/C19H19ClN2O3S/c1-4-13-21-26(24,25)18-11-7-16(8-12-18)19(23)22(3)14(2)15-5-9-17(20)10-6-15/h1,5-12,14,21H,13H2,2-3H3. The van der Waals surface area contributed by atoms with Gasteiger partial charge in [-0.15, -0.1) is 6.42 Å². The average Bonchev–Trinajstić information content (AvgIpc) is 2.65. The van der Waals surface area contributed by atoms with Crippen molar-refractivity contribution in [3.8, 4) is 12.3 Å². The Kier molecular flexibility index (Phi) is 6.43. The lowest BCUT2D eigenvalue weighted by Gasteiger charge is -2.25. The van der Waals surface area contributed by atoms with Crippen LogP contribution in [0.25, 0.3) is 0 Å². The Morgan fingerprint density at radius 2 is 1.77 bits per heavy atom. The van der Waals surface area contributed by atoms with Gasteiger partial charge in [0.25, 0.3) is 5.91 Å². The summed E-state index contributed by atoms with van der Waals surface area (Å²) in [5.41, 5.74) is 1.34. The number of carbonyl (C=O) groups is 1. The van der Waals surface area contributed by atoms with Crippen LogP contribution in [0.5, 0.6) is 0 Å². The number of carbonyl (C=O) groups excluding carboxylic acids is 1. The molecule has 7 heteroatoms. The number of benzene rings is 2. The number of sulfonamides is 1. The summed E-state index contributed by atoms with van der Waals surface area (Å²) in [5, 5.41) is 0.630. The molecule has 5 nitrogen and oxygen atoms in total. The van der Waals surface area contributed by atoms with Crippen molar-refractivity contribution in [1.29, 1.82) is 0 Å². The van der Waals surface area contributed by atoms with Crippen molar-refractivity contribution in [2.45, 2.75) is 17.9 Å². The van der Waals surface area contributed by atoms with Crippen LogP contribution in [0, 0.1) is 12.3 Å². The maximum atomic E-state index is 12.7. The lowest BCUT2D eigenvalue weighted by molar-refractivity contribution is 0.0742. The zero-order chi connectivity index (χ0) is 19.3. The van der Waals surface area contributed by atoms with Gasteiger partial charge in [-0.05, 0) is 48.9 Å². The number of halogens is 1. The Hall–Kier alpha value is -2.33. The predicted molar refractivity (Wildman–Crippen MR) is 102 cm³/mol. The molecule has 0 aliphatic rings. The third-order valence-electron chi connectivity index (χ3n) is 4.03. The molecule has 26 heavy (non-hydrogen) atoms. The summed E-state index contributed by atoms with van der Waals surface area (Å²) in [5.74, 6) is 2.00. The smallest absolute Gasteiger partial charge is 0.254 e. The molecule has 0 fully saturated rings. The SMILES string of the molecule is C#CCNS(=O)(=O)c1ccc(C(=O)N(C)C(C)c2ccc(Cl)cc2)cc1. The van der Waals surface area contributed by atoms with Crippen LogP contribution in [0.3, 0.4) is 0 Å². The van der Waals surface area contributed by atoms with Gasteiger partial charge in [0.2, 0.25) is 10.0 Å². The average molecular weight is 391 g/mol. The minimum Gasteiger partial charge on any atom is -0.335 e. The van der Waals surface area contributed by atoms with Crippen LogP contribution in [0.1, 0.15) is 28.9 Å². The van der Waals surface area contributed by atoms with Crippen molar-refractivity contribution in [3.63, 3.8) is 0 Å². The van der Waals surface area contributed by atoms with Gasteiger partial charge in [-0.1, -0.05) is 29.7 Å². The number of amides is 1. The highest BCUT2D eigenvalue weighted by atomic mass is 35.5. The molecule has 136 valence electrons. The Bertz CT molecular complexity index is 917. The van der Waals surface area contributed by atoms with Gasteiger partial charge in [0, 0.05) is 17.6 Å². The second kappa shape index (κ2) is 8.37. The first-order chi connectivity index (χ1) is 12.3. The van der Waals surface area contributed by atoms with E-state index in [-0.39, 0.29) is 23.4 Å². The van der Waals surface area contributed by atoms with Crippen LogP contribution in [0.4, 0.5) is 0 Å². The summed E-state index contributed by atoms with van der Waals surface area (Å²) < 4.78 is 26.3. The van der Waals surface area contributed by atoms with Crippen molar-refractivity contribution in [3.05, 3.63) is 64.7 Å². The lowest BCUT2D eigenvalue weighted by atomic mass is 10.1. The van der Waals surface area contributed by atoms with Crippen LogP contribution in [-0.4, -0.2) is 32.8 Å². The first-order valence-electron chi connectivity index (χ1n) is 7.82. The van der Waals surface area contributed by atoms with E-state index < -0.39 is 10.0 Å². The Labute approximate surface area is 159 Å². The quantitative estimate of drug-likeness (QED) is 0.771. The van der Waals surface area contributed by atoms with E-state index in [1.54, 1.807) is 24.1 Å². The van der Waals surface area contributed by atoms with Gasteiger partial charge in [-0.2, -0.15) is 4.72 Å². The van der Waals surface area contributed by atoms with Crippen molar-refractivity contribution >= 4 is 27.5 Å². The molecule has 0 bridgehead atoms. The van der Waals surface area contributed by atoms with Gasteiger partial charge >= 0.3 is 0 Å². The molecule has 0 radical (unpaired) electrons. The predicted octanol–water partition coefficient (Wildman–Crippen LogP) is 3.08. The molecule has 2 rings (SSSR count). The number of rotatable bonds is 6. The fourth-order valence-electron chi connectivity index (χ4n) is 2.34. The van der Waals surface area contributed by atoms with Crippen LogP contribution in [0.2, 0.25) is 5.02 Å². The highest BCUT2D eigenvalue weighted by molar-refractivity contribution is 7.89. The van der Waals surface area contributed by atoms with Gasteiger partial charge in [-0.25, -0.2) is 8.42 Å². The maximum Gasteiger partial charge on any atom is 0.254 e. The van der Waals surface area contributed by atoms with E-state index in [2.05, 4.69) is 10.6 Å². The molecule has 1 atom stereocenters. The fourth-order valence-corrected chi connectivity index (χ4v) is 3.40. The minimum absolute atomic E-state index is 0.0534. The van der Waals surface area contributed by atoms with Gasteiger partial charge < -0.3 is 4.90 Å². The molecular weight excluding hydrogens is 372 g/mol. The van der Waals surface area contributed by atoms with Crippen LogP contribution >= 0.6 is 11.6 Å². The lowest BCUT2D eigenvalue weighted by Crippen LogP contribution is -2.29. The van der Waals surface area contributed by atoms with E-state index in [0.29, 0.717) is 10.6 Å². The zero-order valence-electron chi connectivity index (χ0n) is 14.4. The van der Waals surface area contributed by atoms with Crippen LogP contribution in [-0.2, 0) is 10.0 Å². The first kappa shape index (κ1) is 20.0. The van der Waals surface area contributed by atoms with Crippen molar-refractivity contribution in [2.24, 2.45) is 0 Å². The summed E-state index contributed by atoms with van der Waals surface area (Å²) in [6, 6.07) is 12.8. The van der Waals surface area contributed by atoms with E-state index in [4.69, 9.17) is 18.0 Å². The Morgan fingerprint density at radius 3 is 2.31 bits per heavy atom.